The van der Waals surface area contributed by atoms with Gasteiger partial charge in [-0.25, -0.2) is 15.0 Å². The Kier molecular flexibility index (Phi) is 6.07. The smallest absolute Gasteiger partial charge is 0.164 e. The summed E-state index contributed by atoms with van der Waals surface area (Å²) in [6.45, 7) is 0. The lowest BCUT2D eigenvalue weighted by Crippen LogP contribution is -2.01. The second-order valence-electron chi connectivity index (χ2n) is 14.6. The van der Waals surface area contributed by atoms with Gasteiger partial charge < -0.3 is 13.3 Å². The maximum Gasteiger partial charge on any atom is 0.164 e. The van der Waals surface area contributed by atoms with Gasteiger partial charge in [0.1, 0.15) is 33.5 Å². The lowest BCUT2D eigenvalue weighted by Gasteiger charge is -2.13. The van der Waals surface area contributed by atoms with E-state index in [0.29, 0.717) is 17.5 Å². The van der Waals surface area contributed by atoms with Crippen molar-refractivity contribution in [2.75, 3.05) is 0 Å². The highest BCUT2D eigenvalue weighted by Crippen LogP contribution is 2.43. The van der Waals surface area contributed by atoms with Crippen LogP contribution in [-0.4, -0.2) is 15.0 Å². The van der Waals surface area contributed by atoms with Crippen molar-refractivity contribution in [2.24, 2.45) is 0 Å². The molecule has 0 aliphatic rings. The highest BCUT2D eigenvalue weighted by Gasteiger charge is 2.23. The van der Waals surface area contributed by atoms with Crippen molar-refractivity contribution in [3.05, 3.63) is 164 Å². The van der Waals surface area contributed by atoms with Gasteiger partial charge in [0, 0.05) is 65.2 Å². The van der Waals surface area contributed by atoms with Crippen LogP contribution in [0.25, 0.3) is 132 Å². The SMILES string of the molecule is c1cc(-c2nc(-c3cccc4ccc5c6ccccc6oc5c34)nc(-c3cccc4ccc5c6ccccc6oc5c34)n2)c2c(c1)ccc1c3ccccc3oc12. The van der Waals surface area contributed by atoms with Gasteiger partial charge in [-0.2, -0.15) is 0 Å². The van der Waals surface area contributed by atoms with Crippen LogP contribution in [0.2, 0.25) is 0 Å². The van der Waals surface area contributed by atoms with E-state index in [9.17, 15) is 0 Å². The predicted octanol–water partition coefficient (Wildman–Crippen LogP) is 14.0. The van der Waals surface area contributed by atoms with Gasteiger partial charge in [-0.15, -0.1) is 0 Å². The van der Waals surface area contributed by atoms with Crippen LogP contribution in [0.3, 0.4) is 0 Å². The summed E-state index contributed by atoms with van der Waals surface area (Å²) in [4.78, 5) is 16.1. The van der Waals surface area contributed by atoms with E-state index in [1.165, 1.54) is 0 Å². The number of furan rings is 3. The fraction of sp³-hybridized carbons (Fsp3) is 0. The maximum atomic E-state index is 6.63. The molecule has 0 radical (unpaired) electrons. The second kappa shape index (κ2) is 11.4. The lowest BCUT2D eigenvalue weighted by atomic mass is 9.98. The molecule has 0 aliphatic carbocycles. The molecule has 0 N–H and O–H groups in total. The van der Waals surface area contributed by atoms with Gasteiger partial charge >= 0.3 is 0 Å². The number of benzene rings is 9. The molecule has 264 valence electrons. The van der Waals surface area contributed by atoms with Crippen LogP contribution in [0, 0.1) is 0 Å². The molecule has 6 heteroatoms. The predicted molar refractivity (Wildman–Crippen MR) is 230 cm³/mol. The van der Waals surface area contributed by atoms with E-state index in [4.69, 9.17) is 28.2 Å². The van der Waals surface area contributed by atoms with Crippen molar-refractivity contribution in [3.8, 4) is 34.2 Å². The minimum atomic E-state index is 0.538. The van der Waals surface area contributed by atoms with E-state index in [-0.39, 0.29) is 0 Å². The molecule has 0 unspecified atom stereocenters. The molecule has 9 aromatic carbocycles. The number of rotatable bonds is 3. The molecule has 0 spiro atoms. The molecule has 0 atom stereocenters. The summed E-state index contributed by atoms with van der Waals surface area (Å²) in [5, 5.41) is 12.3. The first kappa shape index (κ1) is 30.5. The summed E-state index contributed by atoms with van der Waals surface area (Å²) >= 11 is 0. The first-order valence-corrected chi connectivity index (χ1v) is 19.0. The van der Waals surface area contributed by atoms with Crippen molar-refractivity contribution < 1.29 is 13.3 Å². The van der Waals surface area contributed by atoms with Crippen LogP contribution in [0.4, 0.5) is 0 Å². The largest absolute Gasteiger partial charge is 0.455 e. The van der Waals surface area contributed by atoms with Gasteiger partial charge in [0.15, 0.2) is 17.5 Å². The molecule has 0 fully saturated rings. The van der Waals surface area contributed by atoms with Gasteiger partial charge in [0.25, 0.3) is 0 Å². The summed E-state index contributed by atoms with van der Waals surface area (Å²) < 4.78 is 19.9. The Labute approximate surface area is 323 Å². The van der Waals surface area contributed by atoms with E-state index in [2.05, 4.69) is 109 Å². The first-order chi connectivity index (χ1) is 28.2. The Morgan fingerprint density at radius 1 is 0.263 bits per heavy atom. The highest BCUT2D eigenvalue weighted by molar-refractivity contribution is 6.21. The van der Waals surface area contributed by atoms with Crippen molar-refractivity contribution in [3.63, 3.8) is 0 Å². The van der Waals surface area contributed by atoms with Gasteiger partial charge in [-0.1, -0.05) is 127 Å². The topological polar surface area (TPSA) is 78.1 Å². The summed E-state index contributed by atoms with van der Waals surface area (Å²) in [6.07, 6.45) is 0. The van der Waals surface area contributed by atoms with Gasteiger partial charge in [0.2, 0.25) is 0 Å². The van der Waals surface area contributed by atoms with E-state index in [0.717, 1.165) is 115 Å². The van der Waals surface area contributed by atoms with Gasteiger partial charge in [-0.05, 0) is 52.6 Å². The van der Waals surface area contributed by atoms with Crippen LogP contribution >= 0.6 is 0 Å². The van der Waals surface area contributed by atoms with Crippen LogP contribution in [-0.2, 0) is 0 Å². The van der Waals surface area contributed by atoms with Crippen LogP contribution in [0.5, 0.6) is 0 Å². The fourth-order valence-electron chi connectivity index (χ4n) is 8.95. The monoisotopic (exact) mass is 729 g/mol. The van der Waals surface area contributed by atoms with E-state index in [1.807, 2.05) is 54.6 Å². The van der Waals surface area contributed by atoms with Crippen LogP contribution in [0.15, 0.2) is 177 Å². The molecule has 4 aromatic heterocycles. The maximum absolute atomic E-state index is 6.63. The molecular formula is C51H27N3O3. The quantitative estimate of drug-likeness (QED) is 0.180. The minimum Gasteiger partial charge on any atom is -0.455 e. The summed E-state index contributed by atoms with van der Waals surface area (Å²) in [5.74, 6) is 1.61. The molecule has 0 saturated carbocycles. The average Bonchev–Trinajstić information content (AvgIpc) is 3.97. The minimum absolute atomic E-state index is 0.538. The van der Waals surface area contributed by atoms with Crippen molar-refractivity contribution >= 4 is 98.1 Å². The van der Waals surface area contributed by atoms with Crippen LogP contribution in [0.1, 0.15) is 0 Å². The van der Waals surface area contributed by atoms with E-state index < -0.39 is 0 Å². The Hall–Kier alpha value is -7.83. The Bertz CT molecular complexity index is 3420. The summed E-state index contributed by atoms with van der Waals surface area (Å²) in [7, 11) is 0. The van der Waals surface area contributed by atoms with Crippen molar-refractivity contribution in [2.45, 2.75) is 0 Å². The third kappa shape index (κ3) is 4.32. The molecule has 0 saturated heterocycles. The number of para-hydroxylation sites is 3. The number of fused-ring (bicyclic) bond motifs is 15. The molecule has 0 bridgehead atoms. The molecule has 4 heterocycles. The first-order valence-electron chi connectivity index (χ1n) is 19.0. The molecule has 6 nitrogen and oxygen atoms in total. The fourth-order valence-corrected chi connectivity index (χ4v) is 8.95. The number of hydrogen-bond acceptors (Lipinski definition) is 6. The van der Waals surface area contributed by atoms with Crippen molar-refractivity contribution in [1.29, 1.82) is 0 Å². The molecule has 13 rings (SSSR count). The third-order valence-electron chi connectivity index (χ3n) is 11.5. The normalized spacial score (nSPS) is 12.2. The number of aromatic nitrogens is 3. The van der Waals surface area contributed by atoms with Crippen molar-refractivity contribution in [1.82, 2.24) is 15.0 Å². The molecule has 13 aromatic rings. The zero-order chi connectivity index (χ0) is 37.2. The zero-order valence-corrected chi connectivity index (χ0v) is 30.2. The Morgan fingerprint density at radius 2 is 0.579 bits per heavy atom. The molecule has 0 amide bonds. The Morgan fingerprint density at radius 3 is 0.912 bits per heavy atom. The van der Waals surface area contributed by atoms with Gasteiger partial charge in [0.05, 0.1) is 0 Å². The number of hydrogen-bond donors (Lipinski definition) is 0. The third-order valence-corrected chi connectivity index (χ3v) is 11.5. The molecule has 57 heavy (non-hydrogen) atoms. The van der Waals surface area contributed by atoms with Gasteiger partial charge in [-0.3, -0.25) is 0 Å². The second-order valence-corrected chi connectivity index (χ2v) is 14.6. The van der Waals surface area contributed by atoms with Crippen LogP contribution < -0.4 is 0 Å². The van der Waals surface area contributed by atoms with E-state index >= 15 is 0 Å². The zero-order valence-electron chi connectivity index (χ0n) is 30.2. The average molecular weight is 730 g/mol. The molecular weight excluding hydrogens is 703 g/mol. The standard InChI is InChI=1S/C51H27N3O3/c1-4-19-40-31(13-1)34-25-22-28-10-7-16-37(43(28)46(34)55-40)49-52-50(38-17-8-11-29-23-26-35-32-14-2-5-20-41(32)56-47(35)44(29)38)54-51(53-49)39-18-9-12-30-24-27-36-33-15-3-6-21-42(33)57-48(36)45(30)39/h1-27H. The summed E-state index contributed by atoms with van der Waals surface area (Å²) in [5.41, 5.74) is 7.47. The summed E-state index contributed by atoms with van der Waals surface area (Å²) in [6, 6.07) is 56.1. The lowest BCUT2D eigenvalue weighted by molar-refractivity contribution is 0.672. The highest BCUT2D eigenvalue weighted by atomic mass is 16.3. The van der Waals surface area contributed by atoms with E-state index in [1.54, 1.807) is 0 Å². The number of nitrogens with zero attached hydrogens (tertiary/aromatic N) is 3. The Balaban J connectivity index is 1.16. The molecule has 0 aliphatic heterocycles.